The van der Waals surface area contributed by atoms with E-state index in [9.17, 15) is 14.9 Å². The van der Waals surface area contributed by atoms with Crippen LogP contribution in [-0.2, 0) is 0 Å². The lowest BCUT2D eigenvalue weighted by Gasteiger charge is -2.37. The minimum Gasteiger partial charge on any atom is -0.360 e. The van der Waals surface area contributed by atoms with Gasteiger partial charge in [0.15, 0.2) is 0 Å². The van der Waals surface area contributed by atoms with E-state index < -0.39 is 11.1 Å². The minimum atomic E-state index is -0.492. The lowest BCUT2D eigenvalue weighted by Crippen LogP contribution is -2.42. The Morgan fingerprint density at radius 1 is 1.12 bits per heavy atom. The highest BCUT2D eigenvalue weighted by atomic mass is 32.1. The Morgan fingerprint density at radius 2 is 1.91 bits per heavy atom. The summed E-state index contributed by atoms with van der Waals surface area (Å²) in [7, 11) is 0. The molecule has 1 aliphatic heterocycles. The zero-order valence-electron chi connectivity index (χ0n) is 16.3. The van der Waals surface area contributed by atoms with Crippen LogP contribution >= 0.6 is 22.7 Å². The third kappa shape index (κ3) is 3.76. The van der Waals surface area contributed by atoms with Crippen molar-refractivity contribution in [2.24, 2.45) is 0 Å². The number of hydrogen-bond acceptors (Lipinski definition) is 7. The highest BCUT2D eigenvalue weighted by Gasteiger charge is 2.36. The monoisotopic (exact) mass is 464 g/mol. The molecule has 3 heterocycles. The number of hydrogen-bond donors (Lipinski definition) is 1. The zero-order chi connectivity index (χ0) is 21.5. The number of nitro benzene ring substituents is 1. The fourth-order valence-corrected chi connectivity index (χ4v) is 5.27. The summed E-state index contributed by atoms with van der Waals surface area (Å²) >= 11 is 3.17. The molecule has 32 heavy (non-hydrogen) atoms. The summed E-state index contributed by atoms with van der Waals surface area (Å²) in [5, 5.41) is 17.6. The third-order valence-electron chi connectivity index (χ3n) is 5.02. The first-order valence-electron chi connectivity index (χ1n) is 9.47. The van der Waals surface area contributed by atoms with Gasteiger partial charge in [-0.05, 0) is 37.3 Å². The molecule has 0 fully saturated rings. The van der Waals surface area contributed by atoms with E-state index in [2.05, 4.69) is 10.3 Å². The topological polar surface area (TPSA) is 88.4 Å². The summed E-state index contributed by atoms with van der Waals surface area (Å²) in [6.07, 6.45) is -0.442. The predicted octanol–water partition coefficient (Wildman–Crippen LogP) is 6.50. The molecule has 1 unspecified atom stereocenters. The summed E-state index contributed by atoms with van der Waals surface area (Å²) in [6.45, 7) is 1.97. The molecule has 4 aromatic rings. The van der Waals surface area contributed by atoms with E-state index in [4.69, 9.17) is 0 Å². The van der Waals surface area contributed by atoms with Crippen molar-refractivity contribution in [3.8, 4) is 10.6 Å². The van der Waals surface area contributed by atoms with Crippen LogP contribution in [0, 0.1) is 17.0 Å². The molecule has 2 aromatic carbocycles. The van der Waals surface area contributed by atoms with Gasteiger partial charge in [0.05, 0.1) is 26.1 Å². The van der Waals surface area contributed by atoms with E-state index in [1.807, 2.05) is 54.8 Å². The van der Waals surface area contributed by atoms with E-state index in [0.717, 1.165) is 20.5 Å². The molecule has 1 N–H and O–H groups in total. The van der Waals surface area contributed by atoms with Gasteiger partial charge in [-0.1, -0.05) is 25.6 Å². The Bertz CT molecular complexity index is 1300. The molecule has 1 amide bonds. The molecular weight excluding hydrogens is 444 g/mol. The number of aromatic nitrogens is 1. The number of aryl methyl sites for hydroxylation is 1. The maximum absolute atomic E-state index is 13.5. The molecule has 5 rings (SSSR count). The van der Waals surface area contributed by atoms with Gasteiger partial charge in [-0.25, -0.2) is 4.98 Å². The Labute approximate surface area is 193 Å². The first-order chi connectivity index (χ1) is 15.0. The first-order valence-corrected chi connectivity index (χ1v) is 11.2. The summed E-state index contributed by atoms with van der Waals surface area (Å²) in [5.74, 6) is -0.284. The van der Waals surface area contributed by atoms with Gasteiger partial charge in [0, 0.05) is 33.8 Å². The second kappa shape index (κ2) is 8.52. The van der Waals surface area contributed by atoms with Crippen molar-refractivity contribution in [1.82, 2.24) is 4.98 Å². The summed E-state index contributed by atoms with van der Waals surface area (Å²) < 4.78 is 0. The minimum absolute atomic E-state index is 0. The molecule has 162 valence electrons. The number of thiophene rings is 1. The number of benzene rings is 2. The molecule has 2 aromatic heterocycles. The van der Waals surface area contributed by atoms with Crippen LogP contribution in [-0.4, -0.2) is 15.8 Å². The van der Waals surface area contributed by atoms with E-state index in [-0.39, 0.29) is 24.6 Å². The highest BCUT2D eigenvalue weighted by molar-refractivity contribution is 7.16. The van der Waals surface area contributed by atoms with Crippen LogP contribution in [0.2, 0.25) is 0 Å². The van der Waals surface area contributed by atoms with Gasteiger partial charge >= 0.3 is 0 Å². The van der Waals surface area contributed by atoms with Crippen LogP contribution < -0.4 is 10.2 Å². The molecule has 1 atom stereocenters. The standard InChI is InChI=1S/C22H16N4O3S2.CH4/c1-13-23-18(12-30-13)19-9-10-20(31-19)21-24-17-8-7-15(26(28)29)11-16(17)22(27)25(21)14-5-3-2-4-6-14;/h2-12,21,24H,1H3;1H4. The average Bonchev–Trinajstić information content (AvgIpc) is 3.43. The van der Waals surface area contributed by atoms with Gasteiger partial charge in [-0.2, -0.15) is 0 Å². The molecule has 7 nitrogen and oxygen atoms in total. The largest absolute Gasteiger partial charge is 0.360 e. The molecule has 9 heteroatoms. The van der Waals surface area contributed by atoms with Crippen LogP contribution in [0.5, 0.6) is 0 Å². The number of para-hydroxylation sites is 1. The molecule has 0 saturated heterocycles. The van der Waals surface area contributed by atoms with Gasteiger partial charge in [-0.15, -0.1) is 22.7 Å². The van der Waals surface area contributed by atoms with Crippen LogP contribution in [0.25, 0.3) is 10.6 Å². The normalized spacial score (nSPS) is 15.0. The first kappa shape index (κ1) is 21.7. The molecule has 0 radical (unpaired) electrons. The van der Waals surface area contributed by atoms with E-state index >= 15 is 0 Å². The lowest BCUT2D eigenvalue weighted by molar-refractivity contribution is -0.384. The number of rotatable bonds is 4. The maximum atomic E-state index is 13.5. The van der Waals surface area contributed by atoms with Crippen LogP contribution in [0.4, 0.5) is 17.1 Å². The Morgan fingerprint density at radius 3 is 2.59 bits per heavy atom. The highest BCUT2D eigenvalue weighted by Crippen LogP contribution is 2.41. The van der Waals surface area contributed by atoms with Crippen molar-refractivity contribution in [3.63, 3.8) is 0 Å². The maximum Gasteiger partial charge on any atom is 0.270 e. The van der Waals surface area contributed by atoms with Gasteiger partial charge in [-0.3, -0.25) is 19.8 Å². The fraction of sp³-hybridized carbons (Fsp3) is 0.130. The molecule has 0 saturated carbocycles. The van der Waals surface area contributed by atoms with E-state index in [0.29, 0.717) is 11.4 Å². The Balaban J connectivity index is 0.00000245. The second-order valence-corrected chi connectivity index (χ2v) is 9.18. The molecular formula is C23H20N4O3S2. The third-order valence-corrected chi connectivity index (χ3v) is 6.95. The van der Waals surface area contributed by atoms with Crippen molar-refractivity contribution >= 4 is 45.6 Å². The lowest BCUT2D eigenvalue weighted by atomic mass is 10.0. The quantitative estimate of drug-likeness (QED) is 0.275. The molecule has 0 bridgehead atoms. The number of carbonyl (C=O) groups excluding carboxylic acids is 1. The van der Waals surface area contributed by atoms with Crippen LogP contribution in [0.3, 0.4) is 0 Å². The number of nitrogens with zero attached hydrogens (tertiary/aromatic N) is 3. The number of anilines is 2. The smallest absolute Gasteiger partial charge is 0.270 e. The van der Waals surface area contributed by atoms with Crippen molar-refractivity contribution in [2.75, 3.05) is 10.2 Å². The SMILES string of the molecule is C.Cc1nc(-c2ccc(C3Nc4ccc([N+](=O)[O-])cc4C(=O)N3c3ccccc3)s2)cs1. The van der Waals surface area contributed by atoms with Crippen molar-refractivity contribution in [3.05, 3.63) is 91.6 Å². The van der Waals surface area contributed by atoms with Crippen LogP contribution in [0.1, 0.15) is 33.8 Å². The number of nitrogens with one attached hydrogen (secondary N) is 1. The number of amides is 1. The zero-order valence-corrected chi connectivity index (χ0v) is 17.9. The molecule has 0 aliphatic carbocycles. The van der Waals surface area contributed by atoms with Crippen molar-refractivity contribution in [1.29, 1.82) is 0 Å². The number of nitro groups is 1. The van der Waals surface area contributed by atoms with Gasteiger partial charge in [0.25, 0.3) is 11.6 Å². The molecule has 1 aliphatic rings. The second-order valence-electron chi connectivity index (χ2n) is 7.00. The molecule has 0 spiro atoms. The summed E-state index contributed by atoms with van der Waals surface area (Å²) in [5.41, 5.74) is 2.37. The summed E-state index contributed by atoms with van der Waals surface area (Å²) in [4.78, 5) is 32.4. The van der Waals surface area contributed by atoms with Gasteiger partial charge in [0.2, 0.25) is 0 Å². The number of non-ortho nitro benzene ring substituents is 1. The number of thiazole rings is 1. The summed E-state index contributed by atoms with van der Waals surface area (Å²) in [6, 6.07) is 17.6. The fourth-order valence-electron chi connectivity index (χ4n) is 3.57. The Hall–Kier alpha value is -3.56. The van der Waals surface area contributed by atoms with Crippen molar-refractivity contribution < 1.29 is 9.72 Å². The van der Waals surface area contributed by atoms with E-state index in [1.165, 1.54) is 12.1 Å². The number of fused-ring (bicyclic) bond motifs is 1. The van der Waals surface area contributed by atoms with Crippen LogP contribution in [0.15, 0.2) is 66.0 Å². The average molecular weight is 465 g/mol. The van der Waals surface area contributed by atoms with Crippen molar-refractivity contribution in [2.45, 2.75) is 20.5 Å². The van der Waals surface area contributed by atoms with Gasteiger partial charge in [0.1, 0.15) is 6.17 Å². The predicted molar refractivity (Wildman–Crippen MR) is 130 cm³/mol. The Kier molecular flexibility index (Phi) is 5.77. The van der Waals surface area contributed by atoms with E-state index in [1.54, 1.807) is 33.6 Å². The number of carbonyl (C=O) groups is 1. The van der Waals surface area contributed by atoms with Gasteiger partial charge < -0.3 is 5.32 Å².